The van der Waals surface area contributed by atoms with Crippen LogP contribution in [-0.4, -0.2) is 103 Å². The van der Waals surface area contributed by atoms with Gasteiger partial charge in [-0.25, -0.2) is 24.3 Å². The molecule has 10 aromatic heterocycles. The number of nitrogens with one attached hydrogen (secondary N) is 3. The van der Waals surface area contributed by atoms with E-state index in [9.17, 15) is 63.1 Å². The Balaban J connectivity index is 0.000000144. The minimum Gasteiger partial charge on any atom is -0.494 e. The van der Waals surface area contributed by atoms with Crippen molar-refractivity contribution < 1.29 is 67.6 Å². The molecule has 126 heavy (non-hydrogen) atoms. The summed E-state index contributed by atoms with van der Waals surface area (Å²) in [7, 11) is 7.14. The van der Waals surface area contributed by atoms with E-state index in [0.29, 0.717) is 106 Å². The highest BCUT2D eigenvalue weighted by molar-refractivity contribution is 5.79. The largest absolute Gasteiger partial charge is 0.573 e. The fraction of sp³-hybridized carbons (Fsp3) is 0.136. The Hall–Kier alpha value is -16.2. The van der Waals surface area contributed by atoms with Crippen LogP contribution in [-0.2, 0) is 47.8 Å². The average molecular weight is 1730 g/mol. The van der Waals surface area contributed by atoms with Crippen LogP contribution in [0.15, 0.2) is 307 Å². The molecule has 644 valence electrons. The Morgan fingerprint density at radius 2 is 0.698 bits per heavy atom. The van der Waals surface area contributed by atoms with Gasteiger partial charge in [-0.3, -0.25) is 56.2 Å². The molecular formula is C88H73F10N19O9. The fourth-order valence-electron chi connectivity index (χ4n) is 12.5. The molecule has 0 aliphatic rings. The van der Waals surface area contributed by atoms with Crippen LogP contribution >= 0.6 is 0 Å². The first-order valence-electron chi connectivity index (χ1n) is 37.9. The molecule has 16 aromatic rings. The molecule has 0 aliphatic carbocycles. The van der Waals surface area contributed by atoms with Crippen molar-refractivity contribution in [2.24, 2.45) is 28.2 Å². The summed E-state index contributed by atoms with van der Waals surface area (Å²) in [5.41, 5.74) is 9.74. The SMILES string of the molecule is CCOc1ccc(CNc2cc(=O)n(-c3ccc(OC(F)(F)F)cc3)cc2-c2cnn(C)c2)cc1.Cn1cc(-c2cn(-c3ccc(F)cc3)c(=O)cc2Oc2ccccc2)cn1.Cn1cc(-c2cn(-c3ccc(OC(F)(F)F)cc3)c(=O)cc2NCc2cncnc2)cn1.Cn1cc(-c2cn(-c3ccc(OC(F)(F)F)cc3)c(=O)cc2NCc2ncccn2)cn1. The van der Waals surface area contributed by atoms with Crippen molar-refractivity contribution in [1.82, 2.24) is 77.3 Å². The first-order chi connectivity index (χ1) is 60.4. The van der Waals surface area contributed by atoms with Crippen LogP contribution in [0, 0.1) is 5.82 Å². The maximum Gasteiger partial charge on any atom is 0.573 e. The first kappa shape index (κ1) is 87.6. The Labute approximate surface area is 708 Å². The zero-order valence-corrected chi connectivity index (χ0v) is 67.1. The number of halogens is 10. The van der Waals surface area contributed by atoms with Crippen LogP contribution in [0.3, 0.4) is 0 Å². The molecule has 0 saturated heterocycles. The summed E-state index contributed by atoms with van der Waals surface area (Å²) in [4.78, 5) is 67.5. The second kappa shape index (κ2) is 39.1. The molecule has 16 rings (SSSR count). The van der Waals surface area contributed by atoms with E-state index >= 15 is 0 Å². The van der Waals surface area contributed by atoms with E-state index in [-0.39, 0.29) is 45.3 Å². The Morgan fingerprint density at radius 1 is 0.357 bits per heavy atom. The number of hydrogen-bond donors (Lipinski definition) is 3. The number of nitrogens with zero attached hydrogens (tertiary/aromatic N) is 16. The van der Waals surface area contributed by atoms with Crippen molar-refractivity contribution in [3.63, 3.8) is 0 Å². The van der Waals surface area contributed by atoms with E-state index < -0.39 is 19.1 Å². The number of ether oxygens (including phenoxy) is 5. The number of anilines is 3. The van der Waals surface area contributed by atoms with Gasteiger partial charge in [-0.2, -0.15) is 20.4 Å². The molecule has 0 fully saturated rings. The summed E-state index contributed by atoms with van der Waals surface area (Å²) in [6.45, 7) is 3.65. The van der Waals surface area contributed by atoms with Crippen LogP contribution in [0.4, 0.5) is 61.0 Å². The quantitative estimate of drug-likeness (QED) is 0.0474. The lowest BCUT2D eigenvalue weighted by Gasteiger charge is -2.15. The molecule has 0 bridgehead atoms. The number of benzene rings is 6. The van der Waals surface area contributed by atoms with Gasteiger partial charge in [-0.05, 0) is 140 Å². The highest BCUT2D eigenvalue weighted by Crippen LogP contribution is 2.36. The van der Waals surface area contributed by atoms with Crippen molar-refractivity contribution >= 4 is 17.1 Å². The molecule has 0 unspecified atom stereocenters. The van der Waals surface area contributed by atoms with Gasteiger partial charge in [-0.15, -0.1) is 39.5 Å². The van der Waals surface area contributed by atoms with Gasteiger partial charge in [-0.1, -0.05) is 30.3 Å². The minimum absolute atomic E-state index is 0.278. The number of pyridine rings is 4. The van der Waals surface area contributed by atoms with E-state index in [1.807, 2.05) is 81.0 Å². The van der Waals surface area contributed by atoms with E-state index in [0.717, 1.165) is 75.5 Å². The van der Waals surface area contributed by atoms with Gasteiger partial charge in [0, 0.05) is 230 Å². The monoisotopic (exact) mass is 1730 g/mol. The predicted octanol–water partition coefficient (Wildman–Crippen LogP) is 16.4. The molecule has 0 amide bonds. The zero-order chi connectivity index (χ0) is 89.2. The van der Waals surface area contributed by atoms with Crippen LogP contribution in [0.1, 0.15) is 23.9 Å². The van der Waals surface area contributed by atoms with E-state index in [1.54, 1.807) is 145 Å². The van der Waals surface area contributed by atoms with Crippen LogP contribution in [0.2, 0.25) is 0 Å². The second-order valence-electron chi connectivity index (χ2n) is 27.4. The number of aromatic nitrogens is 16. The van der Waals surface area contributed by atoms with Gasteiger partial charge in [0.25, 0.3) is 22.2 Å². The number of alkyl halides is 9. The summed E-state index contributed by atoms with van der Waals surface area (Å²) in [6.07, 6.45) is 14.1. The maximum absolute atomic E-state index is 13.2. The predicted molar refractivity (Wildman–Crippen MR) is 447 cm³/mol. The summed E-state index contributed by atoms with van der Waals surface area (Å²) in [5.74, 6) is 0.918. The van der Waals surface area contributed by atoms with Crippen LogP contribution < -0.4 is 61.9 Å². The average Bonchev–Trinajstić information content (AvgIpc) is 1.39. The summed E-state index contributed by atoms with van der Waals surface area (Å²) in [6, 6.07) is 45.3. The Kier molecular flexibility index (Phi) is 27.2. The molecular weight excluding hydrogens is 1660 g/mol. The highest BCUT2D eigenvalue weighted by Gasteiger charge is 2.33. The normalized spacial score (nSPS) is 11.2. The molecule has 0 saturated carbocycles. The smallest absolute Gasteiger partial charge is 0.494 e. The molecule has 3 N–H and O–H groups in total. The lowest BCUT2D eigenvalue weighted by molar-refractivity contribution is -0.275. The Morgan fingerprint density at radius 3 is 1.06 bits per heavy atom. The molecule has 0 atom stereocenters. The number of aryl methyl sites for hydroxylation is 4. The van der Waals surface area contributed by atoms with Crippen molar-refractivity contribution in [3.05, 3.63) is 352 Å². The molecule has 38 heteroatoms. The first-order valence-corrected chi connectivity index (χ1v) is 37.9. The van der Waals surface area contributed by atoms with Gasteiger partial charge < -0.3 is 39.6 Å². The summed E-state index contributed by atoms with van der Waals surface area (Å²) >= 11 is 0. The molecule has 28 nitrogen and oxygen atoms in total. The zero-order valence-electron chi connectivity index (χ0n) is 67.1. The van der Waals surface area contributed by atoms with E-state index in [2.05, 4.69) is 70.5 Å². The standard InChI is InChI=1S/C25H23F3N4O3.2C21H17F3N6O2.C21H16FN3O2/c1-3-34-20-8-4-17(5-9-20)13-29-23-12-24(33)32(16-22(23)18-14-30-31(2)15-18)19-6-10-21(11-7-19)35-25(26,27)28;1-29-12-14(10-28-29)17-13-30(15-3-5-16(6-4-15)32-21(22,23)24)20(31)9-18(17)27-11-19-25-7-2-8-26-19;1-29-11-15(10-28-29)18-12-30(16-2-4-17(5-3-16)32-21(22,23)24)20(31)6-19(18)27-9-14-7-25-13-26-8-14;1-24-13-15(12-23-24)19-14-25(17-9-7-16(22)8-10-17)21(26)11-20(19)27-18-5-3-2-4-6-18/h4-12,14-16,29H,3,13H2,1-2H3;2-10,12-13,27H,11H2,1H3;2-8,10-13,27H,9H2,1H3;2-14H,1H3. The Bertz CT molecular complexity index is 6410. The maximum atomic E-state index is 13.2. The van der Waals surface area contributed by atoms with Gasteiger partial charge in [0.05, 0.1) is 37.9 Å². The number of rotatable bonds is 24. The summed E-state index contributed by atoms with van der Waals surface area (Å²) in [5, 5.41) is 26.5. The lowest BCUT2D eigenvalue weighted by Crippen LogP contribution is -2.19. The minimum atomic E-state index is -4.79. The van der Waals surface area contributed by atoms with Gasteiger partial charge in [0.2, 0.25) is 0 Å². The van der Waals surface area contributed by atoms with Crippen molar-refractivity contribution in [1.29, 1.82) is 0 Å². The number of para-hydroxylation sites is 1. The van der Waals surface area contributed by atoms with Crippen molar-refractivity contribution in [3.8, 4) is 102 Å². The third-order valence-electron chi connectivity index (χ3n) is 18.2. The van der Waals surface area contributed by atoms with Gasteiger partial charge in [0.15, 0.2) is 0 Å². The third-order valence-corrected chi connectivity index (χ3v) is 18.2. The van der Waals surface area contributed by atoms with Gasteiger partial charge in [0.1, 0.15) is 52.5 Å². The second-order valence-corrected chi connectivity index (χ2v) is 27.4. The van der Waals surface area contributed by atoms with Gasteiger partial charge >= 0.3 is 19.1 Å². The fourth-order valence-corrected chi connectivity index (χ4v) is 12.5. The van der Waals surface area contributed by atoms with E-state index in [4.69, 9.17) is 9.47 Å². The van der Waals surface area contributed by atoms with Crippen LogP contribution in [0.25, 0.3) is 67.3 Å². The molecule has 0 spiro atoms. The topological polar surface area (TPSA) is 293 Å². The van der Waals surface area contributed by atoms with E-state index in [1.165, 1.54) is 97.4 Å². The molecule has 0 aliphatic heterocycles. The highest BCUT2D eigenvalue weighted by atomic mass is 19.4. The van der Waals surface area contributed by atoms with Crippen molar-refractivity contribution in [2.45, 2.75) is 45.6 Å². The van der Waals surface area contributed by atoms with Crippen LogP contribution in [0.5, 0.6) is 34.5 Å². The molecule has 10 heterocycles. The molecule has 0 radical (unpaired) electrons. The van der Waals surface area contributed by atoms with Crippen molar-refractivity contribution in [2.75, 3.05) is 22.6 Å². The lowest BCUT2D eigenvalue weighted by atomic mass is 10.1. The number of hydrogen-bond acceptors (Lipinski definition) is 20. The summed E-state index contributed by atoms with van der Waals surface area (Å²) < 4.78 is 160. The third kappa shape index (κ3) is 23.9. The molecule has 6 aromatic carbocycles.